The van der Waals surface area contributed by atoms with Crippen LogP contribution in [0.4, 0.5) is 0 Å². The quantitative estimate of drug-likeness (QED) is 0.0748. The van der Waals surface area contributed by atoms with Crippen molar-refractivity contribution in [3.05, 3.63) is 41.1 Å². The number of carbonyl (C=O) groups is 4. The van der Waals surface area contributed by atoms with Crippen molar-refractivity contribution < 1.29 is 68.8 Å². The van der Waals surface area contributed by atoms with Crippen LogP contribution < -0.4 is 40.0 Å². The number of carboxylic acids is 2. The minimum atomic E-state index is -1.64. The van der Waals surface area contributed by atoms with E-state index in [-0.39, 0.29) is 63.8 Å². The first kappa shape index (κ1) is 34.4. The standard InChI is InChI=1S/C15H17N7O5S3.C7H6O3.Na/c1-21-14(18-19-20-21)30-6-8-5-29-13-15(27-2,17-9(23)7-28-4-3-16)12(26)22(13)10(8)11(24)25;8-6-4-2-1-3-5(6)7(9)10;/h13H,4-7H2,1-2H3,(H,17,23)(H,24,25);1-4,8H,(H,9,10);/q;;+1/p-1/t13-,15+;;/m1../s1. The van der Waals surface area contributed by atoms with Gasteiger partial charge in [0.1, 0.15) is 16.8 Å². The van der Waals surface area contributed by atoms with Crippen molar-refractivity contribution in [2.45, 2.75) is 16.3 Å². The van der Waals surface area contributed by atoms with Crippen molar-refractivity contribution in [1.29, 1.82) is 5.26 Å². The average molecular weight is 632 g/mol. The topological polar surface area (TPSA) is 224 Å². The van der Waals surface area contributed by atoms with Crippen LogP contribution in [0.2, 0.25) is 0 Å². The van der Waals surface area contributed by atoms with E-state index in [0.29, 0.717) is 16.5 Å². The van der Waals surface area contributed by atoms with E-state index in [1.807, 2.05) is 6.07 Å². The molecule has 1 fully saturated rings. The van der Waals surface area contributed by atoms with Crippen molar-refractivity contribution in [1.82, 2.24) is 30.4 Å². The van der Waals surface area contributed by atoms with Crippen molar-refractivity contribution in [3.8, 4) is 11.8 Å². The molecule has 15 nitrogen and oxygen atoms in total. The second-order valence-corrected chi connectivity index (χ2v) is 10.9. The molecule has 0 unspecified atom stereocenters. The number of rotatable bonds is 10. The second kappa shape index (κ2) is 15.4. The molecular weight excluding hydrogens is 609 g/mol. The third kappa shape index (κ3) is 7.74. The van der Waals surface area contributed by atoms with Gasteiger partial charge in [-0.25, -0.2) is 9.48 Å². The number of thioether (sulfide) groups is 3. The number of nitrogens with one attached hydrogen (secondary N) is 1. The van der Waals surface area contributed by atoms with E-state index in [2.05, 4.69) is 20.8 Å². The number of nitrogens with zero attached hydrogens (tertiary/aromatic N) is 6. The van der Waals surface area contributed by atoms with Crippen molar-refractivity contribution in [2.24, 2.45) is 7.05 Å². The SMILES string of the molecule is CO[C@@]1(NC(=O)CSCC#N)C(=O)N2C(C(=O)O)=C(CSc3nnnn3C)CS[C@@H]21.O=C([O-])c1ccccc1O.[Na+]. The number of aromatic nitrogens is 4. The van der Waals surface area contributed by atoms with Gasteiger partial charge in [0.2, 0.25) is 11.1 Å². The fourth-order valence-electron chi connectivity index (χ4n) is 3.63. The number of ether oxygens (including phenoxy) is 1. The number of aromatic carboxylic acids is 1. The zero-order chi connectivity index (χ0) is 29.4. The molecule has 212 valence electrons. The van der Waals surface area contributed by atoms with Gasteiger partial charge in [-0.05, 0) is 28.1 Å². The molecule has 2 aliphatic rings. The molecule has 2 aromatic rings. The molecule has 3 heterocycles. The molecule has 19 heteroatoms. The Hall–Kier alpha value is -2.79. The van der Waals surface area contributed by atoms with Gasteiger partial charge in [0.15, 0.2) is 0 Å². The molecule has 0 aliphatic carbocycles. The maximum absolute atomic E-state index is 12.9. The smallest absolute Gasteiger partial charge is 0.545 e. The summed E-state index contributed by atoms with van der Waals surface area (Å²) in [5, 5.41) is 50.8. The maximum Gasteiger partial charge on any atom is 1.00 e. The Bertz CT molecular complexity index is 1380. The van der Waals surface area contributed by atoms with Crippen LogP contribution in [0.25, 0.3) is 0 Å². The Labute approximate surface area is 268 Å². The summed E-state index contributed by atoms with van der Waals surface area (Å²) in [6.07, 6.45) is 0. The zero-order valence-electron chi connectivity index (χ0n) is 22.0. The number of amides is 2. The Balaban J connectivity index is 0.000000452. The number of phenols is 1. The van der Waals surface area contributed by atoms with Crippen molar-refractivity contribution in [2.75, 3.05) is 30.1 Å². The summed E-state index contributed by atoms with van der Waals surface area (Å²) < 4.78 is 6.83. The van der Waals surface area contributed by atoms with Gasteiger partial charge in [-0.1, -0.05) is 23.9 Å². The van der Waals surface area contributed by atoms with Crippen LogP contribution in [0.3, 0.4) is 0 Å². The van der Waals surface area contributed by atoms with Crippen molar-refractivity contribution >= 4 is 59.0 Å². The first-order chi connectivity index (χ1) is 19.1. The third-order valence-corrected chi connectivity index (χ3v) is 8.71. The Morgan fingerprint density at radius 1 is 1.37 bits per heavy atom. The van der Waals surface area contributed by atoms with E-state index in [4.69, 9.17) is 15.1 Å². The van der Waals surface area contributed by atoms with Gasteiger partial charge < -0.3 is 30.2 Å². The number of carbonyl (C=O) groups excluding carboxylic acids is 3. The predicted molar refractivity (Wildman–Crippen MR) is 141 cm³/mol. The molecule has 2 atom stereocenters. The Morgan fingerprint density at radius 2 is 2.07 bits per heavy atom. The number of hydrogen-bond donors (Lipinski definition) is 3. The largest absolute Gasteiger partial charge is 1.00 e. The number of β-lactam (4-membered cyclic amide) rings is 1. The number of para-hydroxylation sites is 1. The van der Waals surface area contributed by atoms with E-state index in [1.54, 1.807) is 13.1 Å². The minimum Gasteiger partial charge on any atom is -0.545 e. The monoisotopic (exact) mass is 631 g/mol. The number of aliphatic carboxylic acids is 1. The summed E-state index contributed by atoms with van der Waals surface area (Å²) in [4.78, 5) is 48.4. The summed E-state index contributed by atoms with van der Waals surface area (Å²) in [6, 6.07) is 7.56. The number of methoxy groups -OCH3 is 1. The molecule has 0 bridgehead atoms. The molecule has 41 heavy (non-hydrogen) atoms. The van der Waals surface area contributed by atoms with Crippen LogP contribution in [0.5, 0.6) is 5.75 Å². The van der Waals surface area contributed by atoms with E-state index in [1.165, 1.54) is 53.5 Å². The summed E-state index contributed by atoms with van der Waals surface area (Å²) in [5.74, 6) is -3.24. The zero-order valence-corrected chi connectivity index (χ0v) is 26.4. The Morgan fingerprint density at radius 3 is 2.61 bits per heavy atom. The van der Waals surface area contributed by atoms with Gasteiger partial charge in [0.05, 0.1) is 23.5 Å². The molecule has 2 amide bonds. The molecule has 1 saturated heterocycles. The van der Waals surface area contributed by atoms with Gasteiger partial charge >= 0.3 is 35.5 Å². The van der Waals surface area contributed by atoms with E-state index in [9.17, 15) is 29.4 Å². The summed E-state index contributed by atoms with van der Waals surface area (Å²) >= 11 is 3.67. The molecule has 0 saturated carbocycles. The van der Waals surface area contributed by atoms with E-state index < -0.39 is 34.9 Å². The number of hydrogen-bond acceptors (Lipinski definition) is 14. The number of carboxylic acid groups (broad SMARTS) is 2. The average Bonchev–Trinajstić information content (AvgIpc) is 3.34. The molecule has 1 aromatic heterocycles. The van der Waals surface area contributed by atoms with E-state index in [0.717, 1.165) is 16.7 Å². The van der Waals surface area contributed by atoms with Gasteiger partial charge in [-0.15, -0.1) is 28.6 Å². The predicted octanol–water partition coefficient (Wildman–Crippen LogP) is -3.97. The third-order valence-electron chi connectivity index (χ3n) is 5.44. The van der Waals surface area contributed by atoms with Crippen LogP contribution in [0.15, 0.2) is 40.7 Å². The van der Waals surface area contributed by atoms with Gasteiger partial charge in [-0.2, -0.15) is 5.26 Å². The summed E-state index contributed by atoms with van der Waals surface area (Å²) in [7, 11) is 2.96. The summed E-state index contributed by atoms with van der Waals surface area (Å²) in [6.45, 7) is 0. The van der Waals surface area contributed by atoms with Crippen LogP contribution in [-0.4, -0.2) is 100 Å². The fourth-order valence-corrected chi connectivity index (χ4v) is 6.51. The fraction of sp³-hybridized carbons (Fsp3) is 0.364. The number of tetrazole rings is 1. The van der Waals surface area contributed by atoms with Crippen LogP contribution in [0.1, 0.15) is 10.4 Å². The molecule has 3 N–H and O–H groups in total. The maximum atomic E-state index is 12.9. The van der Waals surface area contributed by atoms with Crippen molar-refractivity contribution in [3.63, 3.8) is 0 Å². The molecule has 0 radical (unpaired) electrons. The van der Waals surface area contributed by atoms with E-state index >= 15 is 0 Å². The van der Waals surface area contributed by atoms with Gasteiger partial charge in [0, 0.05) is 31.2 Å². The molecular formula is C22H22N7NaO8S3. The number of fused-ring (bicyclic) bond motifs is 1. The van der Waals surface area contributed by atoms with Crippen LogP contribution >= 0.6 is 35.3 Å². The van der Waals surface area contributed by atoms with Crippen LogP contribution in [-0.2, 0) is 26.2 Å². The van der Waals surface area contributed by atoms with Crippen LogP contribution in [0, 0.1) is 11.3 Å². The Kier molecular flexibility index (Phi) is 13.0. The second-order valence-electron chi connectivity index (χ2n) is 7.91. The number of aromatic hydroxyl groups is 1. The first-order valence-electron chi connectivity index (χ1n) is 11.1. The molecule has 0 spiro atoms. The normalized spacial score (nSPS) is 19.0. The molecule has 2 aliphatic heterocycles. The molecule has 1 aromatic carbocycles. The summed E-state index contributed by atoms with van der Waals surface area (Å²) in [5.41, 5.74) is -1.39. The first-order valence-corrected chi connectivity index (χ1v) is 14.3. The number of benzene rings is 1. The van der Waals surface area contributed by atoms with Gasteiger partial charge in [0.25, 0.3) is 11.6 Å². The van der Waals surface area contributed by atoms with Gasteiger partial charge in [-0.3, -0.25) is 14.5 Å². The minimum absolute atomic E-state index is 0. The molecule has 4 rings (SSSR count). The number of nitriles is 1. The number of aryl methyl sites for hydroxylation is 1.